The van der Waals surface area contributed by atoms with Crippen molar-refractivity contribution in [3.05, 3.63) is 69.8 Å². The van der Waals surface area contributed by atoms with Gasteiger partial charge < -0.3 is 14.8 Å². The van der Waals surface area contributed by atoms with Gasteiger partial charge in [0.2, 0.25) is 5.70 Å². The van der Waals surface area contributed by atoms with Gasteiger partial charge in [0, 0.05) is 30.1 Å². The van der Waals surface area contributed by atoms with Gasteiger partial charge in [0.05, 0.1) is 19.2 Å². The van der Waals surface area contributed by atoms with Crippen LogP contribution in [0.5, 0.6) is 0 Å². The summed E-state index contributed by atoms with van der Waals surface area (Å²) in [6.45, 7) is 20.0. The molecule has 1 aromatic carbocycles. The van der Waals surface area contributed by atoms with Crippen LogP contribution >= 0.6 is 0 Å². The number of esters is 1. The summed E-state index contributed by atoms with van der Waals surface area (Å²) in [5.41, 5.74) is 1.61. The van der Waals surface area contributed by atoms with Gasteiger partial charge in [-0.05, 0) is 56.7 Å². The maximum Gasteiger partial charge on any atom is 0.302 e. The third-order valence-electron chi connectivity index (χ3n) is 6.63. The first kappa shape index (κ1) is 21.5. The number of nitriles is 1. The van der Waals surface area contributed by atoms with Crippen molar-refractivity contribution in [1.82, 2.24) is 0 Å². The largest absolute Gasteiger partial charge is 0.505 e. The van der Waals surface area contributed by atoms with Crippen LogP contribution < -0.4 is 5.32 Å². The Kier molecular flexibility index (Phi) is 5.41. The Labute approximate surface area is 188 Å². The summed E-state index contributed by atoms with van der Waals surface area (Å²) in [7, 11) is 0. The molecule has 0 spiro atoms. The number of carbonyl (C=O) groups excluding carboxylic acids is 1. The molecule has 2 fully saturated rings. The minimum Gasteiger partial charge on any atom is -0.505 e. The summed E-state index contributed by atoms with van der Waals surface area (Å²) >= 11 is 0. The molecule has 0 amide bonds. The van der Waals surface area contributed by atoms with Gasteiger partial charge >= 0.3 is 5.97 Å². The van der Waals surface area contributed by atoms with Crippen molar-refractivity contribution in [2.45, 2.75) is 57.8 Å². The van der Waals surface area contributed by atoms with E-state index >= 15 is 0 Å². The van der Waals surface area contributed by atoms with Crippen molar-refractivity contribution in [2.24, 2.45) is 11.8 Å². The molecule has 2 bridgehead atoms. The normalized spacial score (nSPS) is 28.9. The predicted octanol–water partition coefficient (Wildman–Crippen LogP) is 4.92. The van der Waals surface area contributed by atoms with Crippen molar-refractivity contribution >= 4 is 17.2 Å². The molecule has 1 N–H and O–H groups in total. The van der Waals surface area contributed by atoms with Gasteiger partial charge in [-0.15, -0.1) is 0 Å². The first-order valence-electron chi connectivity index (χ1n) is 10.7. The second-order valence-corrected chi connectivity index (χ2v) is 8.98. The zero-order valence-electron chi connectivity index (χ0n) is 18.3. The molecule has 0 saturated heterocycles. The van der Waals surface area contributed by atoms with E-state index in [4.69, 9.17) is 22.6 Å². The molecular weight excluding hydrogens is 404 g/mol. The molecule has 162 valence electrons. The number of nitrogens with zero attached hydrogens (tertiary/aromatic N) is 3. The van der Waals surface area contributed by atoms with Crippen LogP contribution in [0.1, 0.15) is 45.6 Å². The van der Waals surface area contributed by atoms with Crippen molar-refractivity contribution in [2.75, 3.05) is 5.32 Å². The molecule has 3 aliphatic rings. The van der Waals surface area contributed by atoms with Crippen LogP contribution in [0.4, 0.5) is 5.69 Å². The summed E-state index contributed by atoms with van der Waals surface area (Å²) < 4.78 is 11.4. The minimum atomic E-state index is -0.835. The van der Waals surface area contributed by atoms with Crippen LogP contribution in [-0.2, 0) is 14.3 Å². The molecule has 1 aliphatic heterocycles. The number of hydrogen-bond donors (Lipinski definition) is 1. The number of rotatable bonds is 4. The zero-order chi connectivity index (χ0) is 23.0. The average Bonchev–Trinajstić information content (AvgIpc) is 3.37. The van der Waals surface area contributed by atoms with Crippen molar-refractivity contribution in [1.29, 1.82) is 5.26 Å². The Morgan fingerprint density at radius 3 is 2.59 bits per heavy atom. The number of anilines is 1. The number of benzene rings is 1. The summed E-state index contributed by atoms with van der Waals surface area (Å²) in [5.74, 6) is 0.655. The summed E-state index contributed by atoms with van der Waals surface area (Å²) in [5, 5.41) is 12.9. The summed E-state index contributed by atoms with van der Waals surface area (Å²) in [4.78, 5) is 18.2. The third-order valence-corrected chi connectivity index (χ3v) is 6.63. The van der Waals surface area contributed by atoms with E-state index in [1.54, 1.807) is 0 Å². The minimum absolute atomic E-state index is 0.00664. The van der Waals surface area contributed by atoms with Gasteiger partial charge in [0.1, 0.15) is 17.5 Å². The maximum atomic E-state index is 11.4. The topological polar surface area (TPSA) is 80.1 Å². The van der Waals surface area contributed by atoms with Crippen LogP contribution in [0.2, 0.25) is 0 Å². The van der Waals surface area contributed by atoms with Crippen LogP contribution in [0.25, 0.3) is 15.3 Å². The lowest BCUT2D eigenvalue weighted by Crippen LogP contribution is -2.29. The number of hydrogen-bond acceptors (Lipinski definition) is 5. The highest BCUT2D eigenvalue weighted by atomic mass is 16.5. The molecule has 2 aliphatic carbocycles. The van der Waals surface area contributed by atoms with E-state index in [1.807, 2.05) is 44.2 Å². The van der Waals surface area contributed by atoms with Crippen molar-refractivity contribution in [3.8, 4) is 6.07 Å². The Hall–Kier alpha value is -3.76. The van der Waals surface area contributed by atoms with Crippen LogP contribution in [0.15, 0.2) is 41.4 Å². The molecule has 4 atom stereocenters. The lowest BCUT2D eigenvalue weighted by atomic mass is 9.91. The number of nitrogens with one attached hydrogen (secondary N) is 1. The molecule has 32 heavy (non-hydrogen) atoms. The molecule has 4 rings (SSSR count). The van der Waals surface area contributed by atoms with E-state index in [9.17, 15) is 10.1 Å². The SMILES string of the molecule is [C-]#[N+]C1=C(c2ccc(NC3C4CCC3C(OC(C)=O)C4)cc2)C(C)(C)O/C1=C(\C#N)[N+]#[C-]. The highest BCUT2D eigenvalue weighted by molar-refractivity contribution is 5.82. The fourth-order valence-electron chi connectivity index (χ4n) is 5.40. The standard InChI is InChI=1S/C25H24N4O3/c1-14(30)31-20-12-16-8-11-18(20)22(16)29-17-9-6-15(7-10-17)21-23(28-5)24(19(13-26)27-4)32-25(21,2)3/h6-7,9-10,16,18,20,22,29H,8,11-12H2,1-3H3/b24-19+. The first-order chi connectivity index (χ1) is 15.3. The smallest absolute Gasteiger partial charge is 0.302 e. The van der Waals surface area contributed by atoms with Gasteiger partial charge in [0.15, 0.2) is 0 Å². The van der Waals surface area contributed by atoms with Gasteiger partial charge in [0.25, 0.3) is 5.70 Å². The monoisotopic (exact) mass is 428 g/mol. The van der Waals surface area contributed by atoms with Crippen LogP contribution in [0.3, 0.4) is 0 Å². The molecule has 0 radical (unpaired) electrons. The zero-order valence-corrected chi connectivity index (χ0v) is 18.3. The Morgan fingerprint density at radius 1 is 1.28 bits per heavy atom. The maximum absolute atomic E-state index is 11.4. The molecular formula is C25H24N4O3. The van der Waals surface area contributed by atoms with Crippen molar-refractivity contribution in [3.63, 3.8) is 0 Å². The van der Waals surface area contributed by atoms with Crippen LogP contribution in [0, 0.1) is 36.3 Å². The van der Waals surface area contributed by atoms with Crippen LogP contribution in [-0.4, -0.2) is 23.7 Å². The highest BCUT2D eigenvalue weighted by Gasteiger charge is 2.49. The average molecular weight is 428 g/mol. The molecule has 7 nitrogen and oxygen atoms in total. The number of carbonyl (C=O) groups is 1. The van der Waals surface area contributed by atoms with E-state index in [0.717, 1.165) is 30.5 Å². The number of allylic oxidation sites excluding steroid dienone is 1. The number of fused-ring (bicyclic) bond motifs is 2. The predicted molar refractivity (Wildman–Crippen MR) is 118 cm³/mol. The molecule has 2 saturated carbocycles. The Bertz CT molecular complexity index is 1130. The third kappa shape index (κ3) is 3.59. The van der Waals surface area contributed by atoms with E-state index in [2.05, 4.69) is 15.0 Å². The fourth-order valence-corrected chi connectivity index (χ4v) is 5.40. The quantitative estimate of drug-likeness (QED) is 0.418. The van der Waals surface area contributed by atoms with Gasteiger partial charge in [-0.25, -0.2) is 15.0 Å². The highest BCUT2D eigenvalue weighted by Crippen LogP contribution is 2.48. The van der Waals surface area contributed by atoms with E-state index in [1.165, 1.54) is 6.92 Å². The summed E-state index contributed by atoms with van der Waals surface area (Å²) in [6.07, 6.45) is 3.10. The second-order valence-electron chi connectivity index (χ2n) is 8.98. The molecule has 1 heterocycles. The van der Waals surface area contributed by atoms with Gasteiger partial charge in [-0.1, -0.05) is 12.1 Å². The van der Waals surface area contributed by atoms with Crippen molar-refractivity contribution < 1.29 is 14.3 Å². The lowest BCUT2D eigenvalue weighted by Gasteiger charge is -2.25. The van der Waals surface area contributed by atoms with Gasteiger partial charge in [-0.2, -0.15) is 0 Å². The fraction of sp³-hybridized carbons (Fsp3) is 0.440. The van der Waals surface area contributed by atoms with E-state index in [-0.39, 0.29) is 35.3 Å². The Balaban J connectivity index is 1.59. The molecule has 7 heteroatoms. The molecule has 0 aromatic heterocycles. The van der Waals surface area contributed by atoms with Gasteiger partial charge in [-0.3, -0.25) is 4.79 Å². The van der Waals surface area contributed by atoms with E-state index in [0.29, 0.717) is 17.4 Å². The van der Waals surface area contributed by atoms with E-state index < -0.39 is 5.60 Å². The first-order valence-corrected chi connectivity index (χ1v) is 10.7. The number of ether oxygens (including phenoxy) is 2. The lowest BCUT2D eigenvalue weighted by molar-refractivity contribution is -0.148. The molecule has 4 unspecified atom stereocenters. The molecule has 1 aromatic rings. The summed E-state index contributed by atoms with van der Waals surface area (Å²) in [6, 6.07) is 9.92. The second kappa shape index (κ2) is 8.06. The Morgan fingerprint density at radius 2 is 2.00 bits per heavy atom.